The van der Waals surface area contributed by atoms with Gasteiger partial charge < -0.3 is 5.32 Å². The van der Waals surface area contributed by atoms with E-state index >= 15 is 0 Å². The van der Waals surface area contributed by atoms with Crippen LogP contribution in [0.2, 0.25) is 5.02 Å². The molecular formula is C16H12ClF2N5S. The number of rotatable bonds is 4. The Bertz CT molecular complexity index is 915. The first-order valence-electron chi connectivity index (χ1n) is 7.17. The highest BCUT2D eigenvalue weighted by Crippen LogP contribution is 2.17. The van der Waals surface area contributed by atoms with Gasteiger partial charge in [0.25, 0.3) is 0 Å². The highest BCUT2D eigenvalue weighted by atomic mass is 35.5. The van der Waals surface area contributed by atoms with Gasteiger partial charge in [0.05, 0.1) is 12.2 Å². The van der Waals surface area contributed by atoms with Crippen molar-refractivity contribution in [2.45, 2.75) is 6.54 Å². The highest BCUT2D eigenvalue weighted by molar-refractivity contribution is 7.80. The standard InChI is InChI=1S/C16H12ClF2N5S/c17-12-4-2-1-3-10(12)8-24-9-20-15(23-24)22-16(25)21-14-6-5-11(18)7-13(14)19/h1-7,9H,8H2,(H2,21,22,23,25). The molecule has 1 heterocycles. The molecule has 2 aromatic carbocycles. The summed E-state index contributed by atoms with van der Waals surface area (Å²) in [6, 6.07) is 10.6. The van der Waals surface area contributed by atoms with Gasteiger partial charge in [0.15, 0.2) is 5.11 Å². The average molecular weight is 380 g/mol. The van der Waals surface area contributed by atoms with E-state index in [1.807, 2.05) is 18.2 Å². The SMILES string of the molecule is Fc1ccc(NC(=S)Nc2ncn(Cc3ccccc3Cl)n2)c(F)c1. The molecule has 0 bridgehead atoms. The maximum Gasteiger partial charge on any atom is 0.248 e. The molecule has 128 valence electrons. The van der Waals surface area contributed by atoms with Gasteiger partial charge in [0.2, 0.25) is 5.95 Å². The molecule has 0 saturated heterocycles. The molecule has 0 fully saturated rings. The van der Waals surface area contributed by atoms with Crippen molar-refractivity contribution < 1.29 is 8.78 Å². The molecule has 2 N–H and O–H groups in total. The van der Waals surface area contributed by atoms with Gasteiger partial charge in [0, 0.05) is 11.1 Å². The second-order valence-electron chi connectivity index (χ2n) is 5.06. The molecule has 0 aliphatic rings. The Morgan fingerprint density at radius 3 is 2.72 bits per heavy atom. The molecule has 5 nitrogen and oxygen atoms in total. The summed E-state index contributed by atoms with van der Waals surface area (Å²) in [5.41, 5.74) is 0.948. The Labute approximate surface area is 152 Å². The van der Waals surface area contributed by atoms with Crippen LogP contribution < -0.4 is 10.6 Å². The number of hydrogen-bond donors (Lipinski definition) is 2. The molecule has 0 radical (unpaired) electrons. The predicted molar refractivity (Wildman–Crippen MR) is 96.8 cm³/mol. The second kappa shape index (κ2) is 7.54. The van der Waals surface area contributed by atoms with E-state index in [4.69, 9.17) is 23.8 Å². The monoisotopic (exact) mass is 379 g/mol. The summed E-state index contributed by atoms with van der Waals surface area (Å²) in [6.07, 6.45) is 1.52. The predicted octanol–water partition coefficient (Wildman–Crippen LogP) is 4.07. The highest BCUT2D eigenvalue weighted by Gasteiger charge is 2.08. The third-order valence-electron chi connectivity index (χ3n) is 3.23. The summed E-state index contributed by atoms with van der Waals surface area (Å²) >= 11 is 11.2. The maximum absolute atomic E-state index is 13.6. The van der Waals surface area contributed by atoms with E-state index in [0.29, 0.717) is 11.6 Å². The number of nitrogens with zero attached hydrogens (tertiary/aromatic N) is 3. The molecule has 9 heteroatoms. The number of benzene rings is 2. The summed E-state index contributed by atoms with van der Waals surface area (Å²) in [5.74, 6) is -1.17. The minimum absolute atomic E-state index is 0.0504. The van der Waals surface area contributed by atoms with E-state index in [0.717, 1.165) is 17.7 Å². The van der Waals surface area contributed by atoms with Gasteiger partial charge in [-0.15, -0.1) is 5.10 Å². The molecule has 1 aromatic heterocycles. The van der Waals surface area contributed by atoms with Crippen LogP contribution in [0.25, 0.3) is 0 Å². The lowest BCUT2D eigenvalue weighted by atomic mass is 10.2. The molecule has 0 atom stereocenters. The number of aromatic nitrogens is 3. The molecule has 0 amide bonds. The van der Waals surface area contributed by atoms with E-state index in [-0.39, 0.29) is 16.7 Å². The third kappa shape index (κ3) is 4.49. The first-order chi connectivity index (χ1) is 12.0. The van der Waals surface area contributed by atoms with Crippen LogP contribution in [0.5, 0.6) is 0 Å². The smallest absolute Gasteiger partial charge is 0.248 e. The van der Waals surface area contributed by atoms with Crippen LogP contribution in [-0.4, -0.2) is 19.9 Å². The first kappa shape index (κ1) is 17.2. The minimum Gasteiger partial charge on any atom is -0.330 e. The first-order valence-corrected chi connectivity index (χ1v) is 7.96. The number of hydrogen-bond acceptors (Lipinski definition) is 3. The van der Waals surface area contributed by atoms with Crippen LogP contribution in [0.3, 0.4) is 0 Å². The molecule has 0 saturated carbocycles. The minimum atomic E-state index is -0.749. The van der Waals surface area contributed by atoms with Gasteiger partial charge in [-0.2, -0.15) is 0 Å². The quantitative estimate of drug-likeness (QED) is 0.669. The van der Waals surface area contributed by atoms with Gasteiger partial charge in [-0.05, 0) is 36.0 Å². The van der Waals surface area contributed by atoms with Crippen LogP contribution in [0.1, 0.15) is 5.56 Å². The van der Waals surface area contributed by atoms with Crippen LogP contribution in [0.4, 0.5) is 20.4 Å². The van der Waals surface area contributed by atoms with Crippen LogP contribution in [-0.2, 0) is 6.54 Å². The fraction of sp³-hybridized carbons (Fsp3) is 0.0625. The number of thiocarbonyl (C=S) groups is 1. The Morgan fingerprint density at radius 2 is 1.96 bits per heavy atom. The number of halogens is 3. The molecule has 3 rings (SSSR count). The summed E-state index contributed by atoms with van der Waals surface area (Å²) in [4.78, 5) is 4.08. The summed E-state index contributed by atoms with van der Waals surface area (Å²) in [5, 5.41) is 10.3. The van der Waals surface area contributed by atoms with Crippen molar-refractivity contribution in [3.63, 3.8) is 0 Å². The lowest BCUT2D eigenvalue weighted by molar-refractivity contribution is 0.586. The zero-order chi connectivity index (χ0) is 17.8. The average Bonchev–Trinajstić information content (AvgIpc) is 2.99. The Balaban J connectivity index is 1.63. The van der Waals surface area contributed by atoms with Gasteiger partial charge in [-0.1, -0.05) is 29.8 Å². The third-order valence-corrected chi connectivity index (χ3v) is 3.80. The van der Waals surface area contributed by atoms with Gasteiger partial charge in [-0.25, -0.2) is 18.4 Å². The van der Waals surface area contributed by atoms with Gasteiger partial charge >= 0.3 is 0 Å². The van der Waals surface area contributed by atoms with Gasteiger partial charge in [-0.3, -0.25) is 5.32 Å². The second-order valence-corrected chi connectivity index (χ2v) is 5.88. The summed E-state index contributed by atoms with van der Waals surface area (Å²) in [6.45, 7) is 0.446. The van der Waals surface area contributed by atoms with E-state index < -0.39 is 11.6 Å². The Hall–Kier alpha value is -2.58. The number of anilines is 2. The molecule has 0 spiro atoms. The van der Waals surface area contributed by atoms with Crippen LogP contribution >= 0.6 is 23.8 Å². The van der Waals surface area contributed by atoms with Gasteiger partial charge in [0.1, 0.15) is 18.0 Å². The van der Waals surface area contributed by atoms with Crippen molar-refractivity contribution in [1.29, 1.82) is 0 Å². The lowest BCUT2D eigenvalue weighted by Gasteiger charge is -2.08. The Kier molecular flexibility index (Phi) is 5.20. The normalized spacial score (nSPS) is 10.5. The summed E-state index contributed by atoms with van der Waals surface area (Å²) < 4.78 is 28.1. The largest absolute Gasteiger partial charge is 0.330 e. The fourth-order valence-corrected chi connectivity index (χ4v) is 2.47. The zero-order valence-corrected chi connectivity index (χ0v) is 14.3. The van der Waals surface area contributed by atoms with Crippen molar-refractivity contribution in [2.75, 3.05) is 10.6 Å². The van der Waals surface area contributed by atoms with Crippen molar-refractivity contribution in [3.8, 4) is 0 Å². The fourth-order valence-electron chi connectivity index (χ4n) is 2.08. The van der Waals surface area contributed by atoms with Crippen LogP contribution in [0.15, 0.2) is 48.8 Å². The zero-order valence-electron chi connectivity index (χ0n) is 12.7. The maximum atomic E-state index is 13.6. The molecule has 0 aliphatic heterocycles. The molecule has 0 unspecified atom stereocenters. The van der Waals surface area contributed by atoms with E-state index in [1.54, 1.807) is 10.7 Å². The Morgan fingerprint density at radius 1 is 1.16 bits per heavy atom. The van der Waals surface area contributed by atoms with Crippen molar-refractivity contribution >= 4 is 40.6 Å². The molecule has 25 heavy (non-hydrogen) atoms. The molecular weight excluding hydrogens is 368 g/mol. The molecule has 0 aliphatic carbocycles. The lowest BCUT2D eigenvalue weighted by Crippen LogP contribution is -2.20. The van der Waals surface area contributed by atoms with Crippen molar-refractivity contribution in [3.05, 3.63) is 71.0 Å². The van der Waals surface area contributed by atoms with Crippen LogP contribution in [0, 0.1) is 11.6 Å². The van der Waals surface area contributed by atoms with E-state index in [1.165, 1.54) is 12.4 Å². The van der Waals surface area contributed by atoms with Crippen molar-refractivity contribution in [2.24, 2.45) is 0 Å². The van der Waals surface area contributed by atoms with Crippen molar-refractivity contribution in [1.82, 2.24) is 14.8 Å². The topological polar surface area (TPSA) is 54.8 Å². The summed E-state index contributed by atoms with van der Waals surface area (Å²) in [7, 11) is 0. The van der Waals surface area contributed by atoms with E-state index in [2.05, 4.69) is 20.7 Å². The van der Waals surface area contributed by atoms with E-state index in [9.17, 15) is 8.78 Å². The number of nitrogens with one attached hydrogen (secondary N) is 2. The molecule has 3 aromatic rings.